The molecule has 0 radical (unpaired) electrons. The summed E-state index contributed by atoms with van der Waals surface area (Å²) in [6, 6.07) is 11.1. The maximum Gasteiger partial charge on any atom is 0.418 e. The second kappa shape index (κ2) is 8.34. The number of carbonyl (C=O) groups excluding carboxylic acids is 2. The summed E-state index contributed by atoms with van der Waals surface area (Å²) in [6.07, 6.45) is -2.39. The molecular formula is C22H17F3N4O4. The van der Waals surface area contributed by atoms with E-state index in [9.17, 15) is 27.6 Å². The highest BCUT2D eigenvalue weighted by Gasteiger charge is 2.34. The van der Waals surface area contributed by atoms with Crippen molar-refractivity contribution in [1.29, 1.82) is 0 Å². The molecule has 170 valence electrons. The van der Waals surface area contributed by atoms with Gasteiger partial charge in [-0.3, -0.25) is 18.7 Å². The predicted molar refractivity (Wildman–Crippen MR) is 114 cm³/mol. The van der Waals surface area contributed by atoms with Crippen LogP contribution in [0.5, 0.6) is 0 Å². The number of hydrogen-bond acceptors (Lipinski definition) is 4. The third-order valence-electron chi connectivity index (χ3n) is 4.99. The maximum absolute atomic E-state index is 13.7. The van der Waals surface area contributed by atoms with E-state index in [1.807, 2.05) is 0 Å². The molecule has 0 aliphatic carbocycles. The van der Waals surface area contributed by atoms with Crippen LogP contribution in [0.25, 0.3) is 11.0 Å². The van der Waals surface area contributed by atoms with Crippen LogP contribution in [-0.2, 0) is 24.6 Å². The first-order chi connectivity index (χ1) is 15.6. The summed E-state index contributed by atoms with van der Waals surface area (Å²) in [4.78, 5) is 37.1. The summed E-state index contributed by atoms with van der Waals surface area (Å²) in [6.45, 7) is -0.476. The number of amides is 2. The van der Waals surface area contributed by atoms with E-state index in [4.69, 9.17) is 4.42 Å². The Labute approximate surface area is 184 Å². The van der Waals surface area contributed by atoms with Gasteiger partial charge in [-0.15, -0.1) is 0 Å². The van der Waals surface area contributed by atoms with Crippen LogP contribution in [-0.4, -0.2) is 20.9 Å². The highest BCUT2D eigenvalue weighted by atomic mass is 19.4. The molecule has 2 N–H and O–H groups in total. The van der Waals surface area contributed by atoms with E-state index in [0.717, 1.165) is 18.4 Å². The van der Waals surface area contributed by atoms with Gasteiger partial charge in [0.25, 0.3) is 5.91 Å². The highest BCUT2D eigenvalue weighted by molar-refractivity contribution is 6.04. The van der Waals surface area contributed by atoms with Crippen LogP contribution >= 0.6 is 0 Å². The van der Waals surface area contributed by atoms with Gasteiger partial charge in [-0.25, -0.2) is 4.79 Å². The van der Waals surface area contributed by atoms with E-state index in [0.29, 0.717) is 11.0 Å². The molecule has 0 saturated heterocycles. The first-order valence-electron chi connectivity index (χ1n) is 9.64. The number of hydrogen-bond donors (Lipinski definition) is 2. The van der Waals surface area contributed by atoms with Crippen LogP contribution in [0, 0.1) is 0 Å². The minimum Gasteiger partial charge on any atom is -0.472 e. The van der Waals surface area contributed by atoms with E-state index in [1.165, 1.54) is 34.6 Å². The van der Waals surface area contributed by atoms with Gasteiger partial charge < -0.3 is 15.1 Å². The lowest BCUT2D eigenvalue weighted by atomic mass is 10.1. The summed E-state index contributed by atoms with van der Waals surface area (Å²) >= 11 is 0. The standard InChI is InChI=1S/C22H17F3N4O4/c1-28-17-4-2-3-5-18(17)29(21(28)32)11-19(30)27-16-7-6-14(10-15(16)22(23,24)25)26-20(31)13-8-9-33-12-13/h2-10,12H,11H2,1H3,(H,26,31)(H,27,30). The first-order valence-corrected chi connectivity index (χ1v) is 9.64. The van der Waals surface area contributed by atoms with Crippen molar-refractivity contribution in [3.8, 4) is 0 Å². The number of carbonyl (C=O) groups is 2. The lowest BCUT2D eigenvalue weighted by Gasteiger charge is -2.16. The SMILES string of the molecule is Cn1c(=O)n(CC(=O)Nc2ccc(NC(=O)c3ccoc3)cc2C(F)(F)F)c2ccccc21. The number of nitrogens with one attached hydrogen (secondary N) is 2. The smallest absolute Gasteiger partial charge is 0.418 e. The predicted octanol–water partition coefficient (Wildman–Crippen LogP) is 3.84. The minimum atomic E-state index is -4.81. The fraction of sp³-hybridized carbons (Fsp3) is 0.136. The highest BCUT2D eigenvalue weighted by Crippen LogP contribution is 2.36. The molecule has 4 aromatic rings. The van der Waals surface area contributed by atoms with Crippen molar-refractivity contribution in [2.24, 2.45) is 7.05 Å². The summed E-state index contributed by atoms with van der Waals surface area (Å²) in [7, 11) is 1.54. The number of halogens is 3. The Kier molecular flexibility index (Phi) is 5.54. The van der Waals surface area contributed by atoms with E-state index < -0.39 is 41.5 Å². The van der Waals surface area contributed by atoms with Gasteiger partial charge in [0.15, 0.2) is 0 Å². The second-order valence-electron chi connectivity index (χ2n) is 7.19. The number of anilines is 2. The van der Waals surface area contributed by atoms with E-state index in [-0.39, 0.29) is 11.3 Å². The van der Waals surface area contributed by atoms with Gasteiger partial charge in [0.1, 0.15) is 12.8 Å². The molecule has 0 fully saturated rings. The van der Waals surface area contributed by atoms with Crippen molar-refractivity contribution in [2.45, 2.75) is 12.7 Å². The average Bonchev–Trinajstić information content (AvgIpc) is 3.38. The number of aryl methyl sites for hydroxylation is 1. The number of imidazole rings is 1. The third-order valence-corrected chi connectivity index (χ3v) is 4.99. The number of aromatic nitrogens is 2. The zero-order valence-corrected chi connectivity index (χ0v) is 17.1. The molecule has 11 heteroatoms. The fourth-order valence-electron chi connectivity index (χ4n) is 3.41. The van der Waals surface area contributed by atoms with Gasteiger partial charge in [0.05, 0.1) is 34.1 Å². The number of para-hydroxylation sites is 2. The summed E-state index contributed by atoms with van der Waals surface area (Å²) in [5, 5.41) is 4.57. The monoisotopic (exact) mass is 458 g/mol. The molecule has 0 atom stereocenters. The summed E-state index contributed by atoms with van der Waals surface area (Å²) in [5.74, 6) is -1.46. The lowest BCUT2D eigenvalue weighted by molar-refractivity contribution is -0.136. The second-order valence-corrected chi connectivity index (χ2v) is 7.19. The number of furan rings is 1. The molecule has 2 aromatic heterocycles. The van der Waals surface area contributed by atoms with Crippen molar-refractivity contribution in [2.75, 3.05) is 10.6 Å². The molecule has 2 heterocycles. The molecule has 4 rings (SSSR count). The van der Waals surface area contributed by atoms with Crippen LogP contribution in [0.3, 0.4) is 0 Å². The first kappa shape index (κ1) is 21.9. The molecule has 2 aromatic carbocycles. The Morgan fingerprint density at radius 3 is 2.42 bits per heavy atom. The number of alkyl halides is 3. The molecule has 0 spiro atoms. The molecule has 33 heavy (non-hydrogen) atoms. The van der Waals surface area contributed by atoms with Crippen molar-refractivity contribution in [3.05, 3.63) is 82.7 Å². The lowest BCUT2D eigenvalue weighted by Crippen LogP contribution is -2.29. The van der Waals surface area contributed by atoms with Crippen LogP contribution < -0.4 is 16.3 Å². The van der Waals surface area contributed by atoms with Gasteiger partial charge in [-0.1, -0.05) is 12.1 Å². The number of fused-ring (bicyclic) bond motifs is 1. The minimum absolute atomic E-state index is 0.114. The number of nitrogens with zero attached hydrogens (tertiary/aromatic N) is 2. The molecule has 8 nitrogen and oxygen atoms in total. The van der Waals surface area contributed by atoms with Crippen molar-refractivity contribution in [3.63, 3.8) is 0 Å². The topological polar surface area (TPSA) is 98.3 Å². The van der Waals surface area contributed by atoms with Crippen LogP contribution in [0.4, 0.5) is 24.5 Å². The van der Waals surface area contributed by atoms with Crippen molar-refractivity contribution >= 4 is 34.2 Å². The van der Waals surface area contributed by atoms with E-state index in [1.54, 1.807) is 24.3 Å². The number of benzene rings is 2. The Morgan fingerprint density at radius 1 is 1.03 bits per heavy atom. The zero-order chi connectivity index (χ0) is 23.8. The molecule has 0 aliphatic heterocycles. The van der Waals surface area contributed by atoms with Gasteiger partial charge in [0.2, 0.25) is 5.91 Å². The summed E-state index contributed by atoms with van der Waals surface area (Å²) < 4.78 is 48.3. The van der Waals surface area contributed by atoms with E-state index in [2.05, 4.69) is 10.6 Å². The zero-order valence-electron chi connectivity index (χ0n) is 17.1. The molecule has 0 aliphatic rings. The number of rotatable bonds is 5. The Balaban J connectivity index is 1.59. The Hall–Kier alpha value is -4.28. The van der Waals surface area contributed by atoms with Crippen LogP contribution in [0.15, 0.2) is 70.3 Å². The molecule has 0 bridgehead atoms. The van der Waals surface area contributed by atoms with Gasteiger partial charge in [0, 0.05) is 12.7 Å². The molecule has 2 amide bonds. The van der Waals surface area contributed by atoms with Crippen molar-refractivity contribution in [1.82, 2.24) is 9.13 Å². The maximum atomic E-state index is 13.7. The molecule has 0 unspecified atom stereocenters. The quantitative estimate of drug-likeness (QED) is 0.475. The molecular weight excluding hydrogens is 441 g/mol. The Morgan fingerprint density at radius 2 is 1.76 bits per heavy atom. The third kappa shape index (κ3) is 4.38. The molecule has 0 saturated carbocycles. The van der Waals surface area contributed by atoms with E-state index >= 15 is 0 Å². The van der Waals surface area contributed by atoms with Crippen molar-refractivity contribution < 1.29 is 27.2 Å². The summed E-state index contributed by atoms with van der Waals surface area (Å²) in [5.41, 5.74) is -1.02. The average molecular weight is 458 g/mol. The fourth-order valence-corrected chi connectivity index (χ4v) is 3.41. The van der Waals surface area contributed by atoms with Gasteiger partial charge >= 0.3 is 11.9 Å². The van der Waals surface area contributed by atoms with Gasteiger partial charge in [-0.05, 0) is 36.4 Å². The Bertz CT molecular complexity index is 1400. The van der Waals surface area contributed by atoms with Crippen LogP contribution in [0.1, 0.15) is 15.9 Å². The largest absolute Gasteiger partial charge is 0.472 e. The normalized spacial score (nSPS) is 11.5. The van der Waals surface area contributed by atoms with Gasteiger partial charge in [-0.2, -0.15) is 13.2 Å². The van der Waals surface area contributed by atoms with Crippen LogP contribution in [0.2, 0.25) is 0 Å².